The maximum Gasteiger partial charge on any atom is 0.0594 e. The van der Waals surface area contributed by atoms with Gasteiger partial charge in [0.2, 0.25) is 0 Å². The van der Waals surface area contributed by atoms with Crippen LogP contribution in [0.4, 0.5) is 5.69 Å². The summed E-state index contributed by atoms with van der Waals surface area (Å²) in [5, 5.41) is 3.53. The van der Waals surface area contributed by atoms with E-state index in [-0.39, 0.29) is 0 Å². The number of aromatic nitrogens is 1. The monoisotopic (exact) mass is 281 g/mol. The highest BCUT2D eigenvalue weighted by Crippen LogP contribution is 2.20. The van der Waals surface area contributed by atoms with Crippen molar-refractivity contribution in [2.45, 2.75) is 32.9 Å². The van der Waals surface area contributed by atoms with Crippen LogP contribution in [0.15, 0.2) is 42.6 Å². The molecule has 1 fully saturated rings. The third kappa shape index (κ3) is 3.82. The van der Waals surface area contributed by atoms with Gasteiger partial charge < -0.3 is 5.32 Å². The van der Waals surface area contributed by atoms with E-state index >= 15 is 0 Å². The zero-order chi connectivity index (χ0) is 14.5. The Kier molecular flexibility index (Phi) is 4.51. The summed E-state index contributed by atoms with van der Waals surface area (Å²) >= 11 is 0. The first-order valence-corrected chi connectivity index (χ1v) is 7.77. The van der Waals surface area contributed by atoms with Crippen molar-refractivity contribution in [3.8, 4) is 0 Å². The Bertz CT molecular complexity index is 571. The van der Waals surface area contributed by atoms with Crippen LogP contribution in [0.25, 0.3) is 0 Å². The largest absolute Gasteiger partial charge is 0.379 e. The molecule has 1 aromatic carbocycles. The molecule has 1 N–H and O–H groups in total. The molecule has 0 bridgehead atoms. The SMILES string of the molecule is Cc1ccc(CNc2ccccc2CN2CCCC2)nc1. The maximum atomic E-state index is 4.45. The number of nitrogens with zero attached hydrogens (tertiary/aromatic N) is 2. The van der Waals surface area contributed by atoms with Crippen LogP contribution in [0.3, 0.4) is 0 Å². The minimum atomic E-state index is 0.775. The smallest absolute Gasteiger partial charge is 0.0594 e. The zero-order valence-corrected chi connectivity index (χ0v) is 12.7. The summed E-state index contributed by atoms with van der Waals surface area (Å²) < 4.78 is 0. The van der Waals surface area contributed by atoms with E-state index in [4.69, 9.17) is 0 Å². The Morgan fingerprint density at radius 3 is 2.67 bits per heavy atom. The second kappa shape index (κ2) is 6.72. The van der Waals surface area contributed by atoms with Gasteiger partial charge in [0.25, 0.3) is 0 Å². The number of benzene rings is 1. The number of aryl methyl sites for hydroxylation is 1. The van der Waals surface area contributed by atoms with Crippen molar-refractivity contribution in [2.75, 3.05) is 18.4 Å². The number of nitrogens with one attached hydrogen (secondary N) is 1. The average molecular weight is 281 g/mol. The van der Waals surface area contributed by atoms with Gasteiger partial charge in [-0.2, -0.15) is 0 Å². The molecule has 21 heavy (non-hydrogen) atoms. The van der Waals surface area contributed by atoms with E-state index in [1.807, 2.05) is 6.20 Å². The molecule has 0 radical (unpaired) electrons. The Balaban J connectivity index is 1.65. The van der Waals surface area contributed by atoms with Gasteiger partial charge in [-0.1, -0.05) is 24.3 Å². The van der Waals surface area contributed by atoms with E-state index in [9.17, 15) is 0 Å². The Morgan fingerprint density at radius 1 is 1.10 bits per heavy atom. The molecule has 0 aliphatic carbocycles. The summed E-state index contributed by atoms with van der Waals surface area (Å²) in [5.41, 5.74) is 4.89. The van der Waals surface area contributed by atoms with E-state index in [0.29, 0.717) is 0 Å². The van der Waals surface area contributed by atoms with Crippen LogP contribution in [0.5, 0.6) is 0 Å². The van der Waals surface area contributed by atoms with Crippen LogP contribution in [-0.2, 0) is 13.1 Å². The molecule has 2 heterocycles. The van der Waals surface area contributed by atoms with Crippen molar-refractivity contribution in [1.29, 1.82) is 0 Å². The molecular weight excluding hydrogens is 258 g/mol. The lowest BCUT2D eigenvalue weighted by atomic mass is 10.1. The summed E-state index contributed by atoms with van der Waals surface area (Å²) in [7, 11) is 0. The van der Waals surface area contributed by atoms with Crippen molar-refractivity contribution in [1.82, 2.24) is 9.88 Å². The first kappa shape index (κ1) is 14.1. The average Bonchev–Trinajstić information content (AvgIpc) is 3.01. The molecule has 110 valence electrons. The fraction of sp³-hybridized carbons (Fsp3) is 0.389. The van der Waals surface area contributed by atoms with Gasteiger partial charge in [-0.3, -0.25) is 9.88 Å². The molecule has 3 rings (SSSR count). The number of likely N-dealkylation sites (tertiary alicyclic amines) is 1. The topological polar surface area (TPSA) is 28.2 Å². The quantitative estimate of drug-likeness (QED) is 0.907. The molecule has 0 spiro atoms. The third-order valence-electron chi connectivity index (χ3n) is 4.04. The third-order valence-corrected chi connectivity index (χ3v) is 4.04. The minimum Gasteiger partial charge on any atom is -0.379 e. The lowest BCUT2D eigenvalue weighted by Crippen LogP contribution is -2.19. The van der Waals surface area contributed by atoms with Crippen LogP contribution in [0.1, 0.15) is 29.7 Å². The van der Waals surface area contributed by atoms with Crippen molar-refractivity contribution >= 4 is 5.69 Å². The Morgan fingerprint density at radius 2 is 1.90 bits per heavy atom. The van der Waals surface area contributed by atoms with Gasteiger partial charge in [-0.15, -0.1) is 0 Å². The normalized spacial score (nSPS) is 15.3. The van der Waals surface area contributed by atoms with E-state index in [1.165, 1.54) is 42.7 Å². The second-order valence-corrected chi connectivity index (χ2v) is 5.82. The van der Waals surface area contributed by atoms with E-state index in [1.54, 1.807) is 0 Å². The van der Waals surface area contributed by atoms with Crippen LogP contribution < -0.4 is 5.32 Å². The summed E-state index contributed by atoms with van der Waals surface area (Å²) in [6.45, 7) is 6.35. The standard InChI is InChI=1S/C18H23N3/c1-15-8-9-17(19-12-15)13-20-18-7-3-2-6-16(18)14-21-10-4-5-11-21/h2-3,6-9,12,20H,4-5,10-11,13-14H2,1H3. The number of anilines is 1. The first-order valence-electron chi connectivity index (χ1n) is 7.77. The summed E-state index contributed by atoms with van der Waals surface area (Å²) in [6.07, 6.45) is 4.60. The van der Waals surface area contributed by atoms with Crippen LogP contribution >= 0.6 is 0 Å². The van der Waals surface area contributed by atoms with Gasteiger partial charge >= 0.3 is 0 Å². The molecule has 3 nitrogen and oxygen atoms in total. The van der Waals surface area contributed by atoms with Gasteiger partial charge in [-0.05, 0) is 56.1 Å². The molecular formula is C18H23N3. The highest BCUT2D eigenvalue weighted by Gasteiger charge is 2.13. The predicted octanol–water partition coefficient (Wildman–Crippen LogP) is 3.60. The molecule has 0 atom stereocenters. The molecule has 1 saturated heterocycles. The number of hydrogen-bond donors (Lipinski definition) is 1. The molecule has 0 saturated carbocycles. The van der Waals surface area contributed by atoms with Crippen molar-refractivity contribution in [3.05, 3.63) is 59.4 Å². The summed E-state index contributed by atoms with van der Waals surface area (Å²) in [5.74, 6) is 0. The van der Waals surface area contributed by atoms with E-state index in [0.717, 1.165) is 18.8 Å². The van der Waals surface area contributed by atoms with Gasteiger partial charge in [-0.25, -0.2) is 0 Å². The van der Waals surface area contributed by atoms with Crippen molar-refractivity contribution in [2.24, 2.45) is 0 Å². The number of para-hydroxylation sites is 1. The zero-order valence-electron chi connectivity index (χ0n) is 12.7. The molecule has 1 aromatic heterocycles. The highest BCUT2D eigenvalue weighted by molar-refractivity contribution is 5.51. The lowest BCUT2D eigenvalue weighted by Gasteiger charge is -2.18. The fourth-order valence-electron chi connectivity index (χ4n) is 2.80. The minimum absolute atomic E-state index is 0.775. The van der Waals surface area contributed by atoms with E-state index in [2.05, 4.69) is 58.5 Å². The highest BCUT2D eigenvalue weighted by atomic mass is 15.1. The van der Waals surface area contributed by atoms with Gasteiger partial charge in [0, 0.05) is 18.4 Å². The molecule has 3 heteroatoms. The molecule has 0 amide bonds. The Hall–Kier alpha value is -1.87. The van der Waals surface area contributed by atoms with Crippen LogP contribution in [-0.4, -0.2) is 23.0 Å². The number of rotatable bonds is 5. The maximum absolute atomic E-state index is 4.45. The predicted molar refractivity (Wildman–Crippen MR) is 87.3 cm³/mol. The summed E-state index contributed by atoms with van der Waals surface area (Å²) in [6, 6.07) is 12.8. The van der Waals surface area contributed by atoms with Gasteiger partial charge in [0.1, 0.15) is 0 Å². The van der Waals surface area contributed by atoms with Gasteiger partial charge in [0.15, 0.2) is 0 Å². The molecule has 1 aliphatic heterocycles. The van der Waals surface area contributed by atoms with E-state index < -0.39 is 0 Å². The number of pyridine rings is 1. The molecule has 1 aliphatic rings. The second-order valence-electron chi connectivity index (χ2n) is 5.82. The molecule has 0 unspecified atom stereocenters. The first-order chi connectivity index (χ1) is 10.3. The van der Waals surface area contributed by atoms with Gasteiger partial charge in [0.05, 0.1) is 12.2 Å². The fourth-order valence-corrected chi connectivity index (χ4v) is 2.80. The van der Waals surface area contributed by atoms with Crippen LogP contribution in [0, 0.1) is 6.92 Å². The van der Waals surface area contributed by atoms with Crippen molar-refractivity contribution < 1.29 is 0 Å². The molecule has 2 aromatic rings. The van der Waals surface area contributed by atoms with Crippen LogP contribution in [0.2, 0.25) is 0 Å². The lowest BCUT2D eigenvalue weighted by molar-refractivity contribution is 0.332. The van der Waals surface area contributed by atoms with Crippen molar-refractivity contribution in [3.63, 3.8) is 0 Å². The Labute approximate surface area is 127 Å². The summed E-state index contributed by atoms with van der Waals surface area (Å²) in [4.78, 5) is 6.99. The number of hydrogen-bond acceptors (Lipinski definition) is 3.